The number of hydrogen-bond acceptors (Lipinski definition) is 2. The largest absolute Gasteiger partial charge is 0.308 e. The minimum atomic E-state index is -0.242. The number of nitrogens with zero attached hydrogens (tertiary/aromatic N) is 2. The Morgan fingerprint density at radius 2 is 1.95 bits per heavy atom. The van der Waals surface area contributed by atoms with E-state index in [1.54, 1.807) is 16.8 Å². The first-order chi connectivity index (χ1) is 9.92. The Balaban J connectivity index is 2.35. The molecule has 0 bridgehead atoms. The average Bonchev–Trinajstić information content (AvgIpc) is 2.80. The quantitative estimate of drug-likeness (QED) is 0.906. The molecule has 0 saturated heterocycles. The molecule has 0 aliphatic rings. The molecular weight excluding hydrogens is 265 g/mol. The first-order valence-electron chi connectivity index (χ1n) is 7.48. The highest BCUT2D eigenvalue weighted by molar-refractivity contribution is 5.36. The van der Waals surface area contributed by atoms with Crippen molar-refractivity contribution in [2.45, 2.75) is 52.6 Å². The Morgan fingerprint density at radius 3 is 2.57 bits per heavy atom. The van der Waals surface area contributed by atoms with E-state index in [2.05, 4.69) is 38.1 Å². The van der Waals surface area contributed by atoms with Crippen LogP contribution in [0.15, 0.2) is 30.5 Å². The van der Waals surface area contributed by atoms with E-state index in [1.165, 1.54) is 6.07 Å². The van der Waals surface area contributed by atoms with Crippen molar-refractivity contribution in [2.75, 3.05) is 0 Å². The summed E-state index contributed by atoms with van der Waals surface area (Å²) in [5, 5.41) is 7.87. The molecule has 21 heavy (non-hydrogen) atoms. The monoisotopic (exact) mass is 289 g/mol. The predicted octanol–water partition coefficient (Wildman–Crippen LogP) is 3.85. The summed E-state index contributed by atoms with van der Waals surface area (Å²) in [5.74, 6) is -0.242. The Hall–Kier alpha value is -1.68. The number of nitrogens with one attached hydrogen (secondary N) is 1. The minimum Gasteiger partial charge on any atom is -0.308 e. The number of rotatable bonds is 5. The molecule has 0 aliphatic heterocycles. The molecule has 4 heteroatoms. The minimum absolute atomic E-state index is 0.0452. The number of benzene rings is 1. The normalized spacial score (nSPS) is 11.9. The molecule has 0 spiro atoms. The van der Waals surface area contributed by atoms with Crippen LogP contribution in [0.1, 0.15) is 45.4 Å². The maximum Gasteiger partial charge on any atom is 0.148 e. The molecule has 0 fully saturated rings. The maximum absolute atomic E-state index is 14.0. The molecule has 1 aromatic heterocycles. The lowest BCUT2D eigenvalue weighted by molar-refractivity contribution is 0.423. The van der Waals surface area contributed by atoms with Crippen molar-refractivity contribution in [3.05, 3.63) is 47.5 Å². The lowest BCUT2D eigenvalue weighted by atomic mass is 10.1. The van der Waals surface area contributed by atoms with Crippen LogP contribution in [0.25, 0.3) is 5.69 Å². The standard InChI is InChI=1S/C17H24FN3/c1-5-8-15-13(11-19-17(2,3)4)12-20-21(15)16-10-7-6-9-14(16)18/h6-7,9-10,12,19H,5,8,11H2,1-4H3. The van der Waals surface area contributed by atoms with E-state index in [-0.39, 0.29) is 11.4 Å². The predicted molar refractivity (Wildman–Crippen MR) is 84.1 cm³/mol. The molecule has 0 amide bonds. The van der Waals surface area contributed by atoms with E-state index in [1.807, 2.05) is 12.3 Å². The van der Waals surface area contributed by atoms with Crippen LogP contribution < -0.4 is 5.32 Å². The molecule has 1 N–H and O–H groups in total. The van der Waals surface area contributed by atoms with Crippen molar-refractivity contribution < 1.29 is 4.39 Å². The van der Waals surface area contributed by atoms with Gasteiger partial charge in [0.1, 0.15) is 11.5 Å². The fourth-order valence-electron chi connectivity index (χ4n) is 2.25. The lowest BCUT2D eigenvalue weighted by Gasteiger charge is -2.20. The molecule has 2 rings (SSSR count). The van der Waals surface area contributed by atoms with Gasteiger partial charge in [-0.1, -0.05) is 25.5 Å². The van der Waals surface area contributed by atoms with Gasteiger partial charge in [-0.25, -0.2) is 9.07 Å². The van der Waals surface area contributed by atoms with Crippen LogP contribution in [0.2, 0.25) is 0 Å². The van der Waals surface area contributed by atoms with Gasteiger partial charge >= 0.3 is 0 Å². The van der Waals surface area contributed by atoms with Crippen LogP contribution in [0.5, 0.6) is 0 Å². The zero-order chi connectivity index (χ0) is 15.5. The van der Waals surface area contributed by atoms with Crippen LogP contribution in [-0.2, 0) is 13.0 Å². The van der Waals surface area contributed by atoms with Gasteiger partial charge in [0, 0.05) is 23.3 Å². The van der Waals surface area contributed by atoms with Gasteiger partial charge in [0.2, 0.25) is 0 Å². The van der Waals surface area contributed by atoms with E-state index < -0.39 is 0 Å². The second kappa shape index (κ2) is 6.39. The van der Waals surface area contributed by atoms with Gasteiger partial charge in [-0.15, -0.1) is 0 Å². The lowest BCUT2D eigenvalue weighted by Crippen LogP contribution is -2.35. The number of aromatic nitrogens is 2. The smallest absolute Gasteiger partial charge is 0.148 e. The molecule has 0 saturated carbocycles. The van der Waals surface area contributed by atoms with Crippen molar-refractivity contribution in [3.8, 4) is 5.69 Å². The highest BCUT2D eigenvalue weighted by Gasteiger charge is 2.16. The van der Waals surface area contributed by atoms with Crippen LogP contribution in [0.4, 0.5) is 4.39 Å². The summed E-state index contributed by atoms with van der Waals surface area (Å²) in [6.07, 6.45) is 3.73. The zero-order valence-corrected chi connectivity index (χ0v) is 13.3. The van der Waals surface area contributed by atoms with Gasteiger partial charge in [-0.2, -0.15) is 5.10 Å². The summed E-state index contributed by atoms with van der Waals surface area (Å²) in [6.45, 7) is 9.27. The Bertz CT molecular complexity index is 596. The van der Waals surface area contributed by atoms with Gasteiger partial charge in [0.05, 0.1) is 6.20 Å². The summed E-state index contributed by atoms with van der Waals surface area (Å²) < 4.78 is 15.7. The van der Waals surface area contributed by atoms with Crippen molar-refractivity contribution in [3.63, 3.8) is 0 Å². The third-order valence-electron chi connectivity index (χ3n) is 3.33. The van der Waals surface area contributed by atoms with Crippen molar-refractivity contribution in [1.82, 2.24) is 15.1 Å². The van der Waals surface area contributed by atoms with Crippen LogP contribution in [-0.4, -0.2) is 15.3 Å². The van der Waals surface area contributed by atoms with E-state index in [9.17, 15) is 4.39 Å². The van der Waals surface area contributed by atoms with E-state index >= 15 is 0 Å². The van der Waals surface area contributed by atoms with Crippen molar-refractivity contribution >= 4 is 0 Å². The first kappa shape index (κ1) is 15.7. The summed E-state index contributed by atoms with van der Waals surface area (Å²) >= 11 is 0. The highest BCUT2D eigenvalue weighted by atomic mass is 19.1. The van der Waals surface area contributed by atoms with Crippen LogP contribution in [0.3, 0.4) is 0 Å². The SMILES string of the molecule is CCCc1c(CNC(C)(C)C)cnn1-c1ccccc1F. The molecule has 2 aromatic rings. The molecular formula is C17H24FN3. The summed E-state index contributed by atoms with van der Waals surface area (Å²) in [7, 11) is 0. The van der Waals surface area contributed by atoms with Gasteiger partial charge in [0.25, 0.3) is 0 Å². The van der Waals surface area contributed by atoms with Gasteiger partial charge < -0.3 is 5.32 Å². The van der Waals surface area contributed by atoms with E-state index in [0.29, 0.717) is 5.69 Å². The van der Waals surface area contributed by atoms with E-state index in [0.717, 1.165) is 30.6 Å². The third-order valence-corrected chi connectivity index (χ3v) is 3.33. The molecule has 0 unspecified atom stereocenters. The van der Waals surface area contributed by atoms with Crippen LogP contribution in [0, 0.1) is 5.82 Å². The Labute approximate surface area is 126 Å². The number of halogens is 1. The van der Waals surface area contributed by atoms with Gasteiger partial charge in [0.15, 0.2) is 0 Å². The Kier molecular flexibility index (Phi) is 4.78. The first-order valence-corrected chi connectivity index (χ1v) is 7.48. The number of para-hydroxylation sites is 1. The fraction of sp³-hybridized carbons (Fsp3) is 0.471. The van der Waals surface area contributed by atoms with Crippen LogP contribution >= 0.6 is 0 Å². The van der Waals surface area contributed by atoms with Gasteiger partial charge in [-0.05, 0) is 39.3 Å². The zero-order valence-electron chi connectivity index (χ0n) is 13.3. The summed E-state index contributed by atoms with van der Waals surface area (Å²) in [6, 6.07) is 6.77. The topological polar surface area (TPSA) is 29.9 Å². The van der Waals surface area contributed by atoms with Crippen molar-refractivity contribution in [2.24, 2.45) is 0 Å². The molecule has 1 heterocycles. The van der Waals surface area contributed by atoms with Crippen molar-refractivity contribution in [1.29, 1.82) is 0 Å². The summed E-state index contributed by atoms with van der Waals surface area (Å²) in [5.41, 5.74) is 2.78. The van der Waals surface area contributed by atoms with E-state index in [4.69, 9.17) is 0 Å². The maximum atomic E-state index is 14.0. The molecule has 0 atom stereocenters. The molecule has 114 valence electrons. The second-order valence-corrected chi connectivity index (χ2v) is 6.33. The average molecular weight is 289 g/mol. The molecule has 3 nitrogen and oxygen atoms in total. The second-order valence-electron chi connectivity index (χ2n) is 6.33. The van der Waals surface area contributed by atoms with Gasteiger partial charge in [-0.3, -0.25) is 0 Å². The molecule has 0 aliphatic carbocycles. The summed E-state index contributed by atoms with van der Waals surface area (Å²) in [4.78, 5) is 0. The number of hydrogen-bond donors (Lipinski definition) is 1. The Morgan fingerprint density at radius 1 is 1.24 bits per heavy atom. The third kappa shape index (κ3) is 3.91. The fourth-order valence-corrected chi connectivity index (χ4v) is 2.25. The highest BCUT2D eigenvalue weighted by Crippen LogP contribution is 2.19. The molecule has 0 radical (unpaired) electrons. The molecule has 1 aromatic carbocycles.